The van der Waals surface area contributed by atoms with Gasteiger partial charge >= 0.3 is 12.1 Å². The maximum atomic E-state index is 14.6. The van der Waals surface area contributed by atoms with Gasteiger partial charge in [0.15, 0.2) is 0 Å². The lowest BCUT2D eigenvalue weighted by Gasteiger charge is -2.11. The molecule has 166 valence electrons. The third-order valence-corrected chi connectivity index (χ3v) is 5.35. The molecule has 0 atom stereocenters. The van der Waals surface area contributed by atoms with Gasteiger partial charge in [-0.2, -0.15) is 13.2 Å². The number of halogens is 7. The highest BCUT2D eigenvalue weighted by Crippen LogP contribution is 2.47. The van der Waals surface area contributed by atoms with E-state index in [-0.39, 0.29) is 40.0 Å². The Hall–Kier alpha value is -2.36. The molecule has 0 amide bonds. The number of carbonyl (C=O) groups excluding carboxylic acids is 1. The number of nitrogens with zero attached hydrogens (tertiary/aromatic N) is 1. The Kier molecular flexibility index (Phi) is 6.50. The minimum atomic E-state index is -4.81. The zero-order valence-corrected chi connectivity index (χ0v) is 18.0. The van der Waals surface area contributed by atoms with Crippen LogP contribution in [0.3, 0.4) is 0 Å². The standard InChI is InChI=1S/C19H12Cl3F4NO4/c1-27-16(19(24,25)26)15(21)14(17(27)22)9-5-13(10(20)6-11(9)23)30-7-8-3-4-12(31-8)18(28)29-2/h3-6H,7H2,1-2H3. The first-order chi connectivity index (χ1) is 14.5. The lowest BCUT2D eigenvalue weighted by atomic mass is 10.1. The van der Waals surface area contributed by atoms with Gasteiger partial charge in [-0.05, 0) is 24.3 Å². The van der Waals surface area contributed by atoms with E-state index in [4.69, 9.17) is 44.0 Å². The number of benzene rings is 1. The number of hydrogen-bond acceptors (Lipinski definition) is 4. The average Bonchev–Trinajstić information content (AvgIpc) is 3.24. The summed E-state index contributed by atoms with van der Waals surface area (Å²) in [6.07, 6.45) is -4.81. The molecule has 12 heteroatoms. The zero-order valence-electron chi connectivity index (χ0n) is 15.7. The molecule has 0 aliphatic rings. The van der Waals surface area contributed by atoms with Crippen molar-refractivity contribution in [1.82, 2.24) is 4.57 Å². The van der Waals surface area contributed by atoms with Crippen molar-refractivity contribution in [3.63, 3.8) is 0 Å². The molecular weight excluding hydrogens is 489 g/mol. The van der Waals surface area contributed by atoms with Gasteiger partial charge in [0.05, 0.1) is 17.2 Å². The molecule has 0 aliphatic heterocycles. The molecule has 1 aromatic carbocycles. The van der Waals surface area contributed by atoms with Gasteiger partial charge in [-0.15, -0.1) is 0 Å². The molecule has 0 saturated heterocycles. The quantitative estimate of drug-likeness (QED) is 0.287. The van der Waals surface area contributed by atoms with Crippen molar-refractivity contribution in [2.24, 2.45) is 7.05 Å². The molecule has 3 rings (SSSR count). The van der Waals surface area contributed by atoms with Crippen LogP contribution >= 0.6 is 34.8 Å². The maximum Gasteiger partial charge on any atom is 0.432 e. The number of carbonyl (C=O) groups is 1. The Morgan fingerprint density at radius 3 is 2.45 bits per heavy atom. The lowest BCUT2D eigenvalue weighted by molar-refractivity contribution is -0.142. The van der Waals surface area contributed by atoms with E-state index >= 15 is 0 Å². The third kappa shape index (κ3) is 4.49. The highest BCUT2D eigenvalue weighted by molar-refractivity contribution is 6.40. The summed E-state index contributed by atoms with van der Waals surface area (Å²) >= 11 is 17.9. The second-order valence-electron chi connectivity index (χ2n) is 6.19. The fraction of sp³-hybridized carbons (Fsp3) is 0.211. The molecule has 0 radical (unpaired) electrons. The lowest BCUT2D eigenvalue weighted by Crippen LogP contribution is -2.11. The number of methoxy groups -OCH3 is 1. The van der Waals surface area contributed by atoms with E-state index in [1.165, 1.54) is 19.2 Å². The van der Waals surface area contributed by atoms with Gasteiger partial charge in [0.1, 0.15) is 34.8 Å². The fourth-order valence-electron chi connectivity index (χ4n) is 2.81. The predicted molar refractivity (Wildman–Crippen MR) is 105 cm³/mol. The molecule has 0 aliphatic carbocycles. The number of furan rings is 1. The molecule has 0 bridgehead atoms. The zero-order chi connectivity index (χ0) is 23.1. The van der Waals surface area contributed by atoms with E-state index in [1.807, 2.05) is 0 Å². The summed E-state index contributed by atoms with van der Waals surface area (Å²) in [5.74, 6) is -1.56. The van der Waals surface area contributed by atoms with Gasteiger partial charge in [0.25, 0.3) is 0 Å². The van der Waals surface area contributed by atoms with Crippen molar-refractivity contribution >= 4 is 40.8 Å². The Morgan fingerprint density at radius 2 is 1.87 bits per heavy atom. The fourth-order valence-corrected chi connectivity index (χ4v) is 3.77. The average molecular weight is 501 g/mol. The number of aromatic nitrogens is 1. The minimum absolute atomic E-state index is 0.0606. The van der Waals surface area contributed by atoms with Crippen LogP contribution in [0.1, 0.15) is 22.0 Å². The summed E-state index contributed by atoms with van der Waals surface area (Å²) in [6, 6.07) is 4.76. The molecule has 31 heavy (non-hydrogen) atoms. The van der Waals surface area contributed by atoms with Crippen LogP contribution in [0.4, 0.5) is 17.6 Å². The number of alkyl halides is 3. The summed E-state index contributed by atoms with van der Waals surface area (Å²) in [5, 5.41) is -1.33. The summed E-state index contributed by atoms with van der Waals surface area (Å²) < 4.78 is 70.4. The Labute approximate surface area is 188 Å². The van der Waals surface area contributed by atoms with E-state index in [9.17, 15) is 22.4 Å². The van der Waals surface area contributed by atoms with Crippen molar-refractivity contribution in [2.75, 3.05) is 7.11 Å². The summed E-state index contributed by atoms with van der Waals surface area (Å²) in [7, 11) is 2.24. The highest BCUT2D eigenvalue weighted by Gasteiger charge is 2.40. The molecule has 3 aromatic rings. The maximum absolute atomic E-state index is 14.6. The van der Waals surface area contributed by atoms with Crippen LogP contribution in [0, 0.1) is 5.82 Å². The predicted octanol–water partition coefficient (Wildman–Crippen LogP) is 6.77. The molecule has 0 unspecified atom stereocenters. The van der Waals surface area contributed by atoms with Crippen molar-refractivity contribution in [1.29, 1.82) is 0 Å². The number of hydrogen-bond donors (Lipinski definition) is 0. The molecular formula is C19H12Cl3F4NO4. The van der Waals surface area contributed by atoms with Crippen molar-refractivity contribution < 1.29 is 36.2 Å². The van der Waals surface area contributed by atoms with Gasteiger partial charge in [-0.3, -0.25) is 0 Å². The smallest absolute Gasteiger partial charge is 0.432 e. The second kappa shape index (κ2) is 8.64. The van der Waals surface area contributed by atoms with E-state index in [0.29, 0.717) is 4.57 Å². The molecule has 2 aromatic heterocycles. The molecule has 0 spiro atoms. The SMILES string of the molecule is COC(=O)c1ccc(COc2cc(-c3c(Cl)c(C(F)(F)F)n(C)c3Cl)c(F)cc2Cl)o1. The van der Waals surface area contributed by atoms with Crippen LogP contribution in [0.2, 0.25) is 15.2 Å². The van der Waals surface area contributed by atoms with Crippen molar-refractivity contribution in [2.45, 2.75) is 12.8 Å². The third-order valence-electron chi connectivity index (χ3n) is 4.24. The van der Waals surface area contributed by atoms with Gasteiger partial charge in [-0.1, -0.05) is 34.8 Å². The van der Waals surface area contributed by atoms with Gasteiger partial charge in [0, 0.05) is 18.2 Å². The monoisotopic (exact) mass is 499 g/mol. The largest absolute Gasteiger partial charge is 0.484 e. The van der Waals surface area contributed by atoms with Crippen LogP contribution in [-0.2, 0) is 24.6 Å². The first-order valence-corrected chi connectivity index (χ1v) is 9.49. The van der Waals surface area contributed by atoms with Gasteiger partial charge < -0.3 is 18.5 Å². The Balaban J connectivity index is 1.98. The first kappa shape index (κ1) is 23.3. The highest BCUT2D eigenvalue weighted by atomic mass is 35.5. The van der Waals surface area contributed by atoms with Crippen molar-refractivity contribution in [3.05, 3.63) is 62.5 Å². The van der Waals surface area contributed by atoms with Gasteiger partial charge in [-0.25, -0.2) is 9.18 Å². The van der Waals surface area contributed by atoms with E-state index < -0.39 is 33.8 Å². The first-order valence-electron chi connectivity index (χ1n) is 8.35. The Bertz CT molecular complexity index is 1150. The topological polar surface area (TPSA) is 53.6 Å². The summed E-state index contributed by atoms with van der Waals surface area (Å²) in [5.41, 5.74) is -1.92. The number of esters is 1. The van der Waals surface area contributed by atoms with E-state index in [0.717, 1.165) is 19.2 Å². The van der Waals surface area contributed by atoms with Crippen LogP contribution in [0.15, 0.2) is 28.7 Å². The second-order valence-corrected chi connectivity index (χ2v) is 7.34. The number of rotatable bonds is 5. The molecule has 5 nitrogen and oxygen atoms in total. The molecule has 0 N–H and O–H groups in total. The van der Waals surface area contributed by atoms with E-state index in [2.05, 4.69) is 4.74 Å². The van der Waals surface area contributed by atoms with E-state index in [1.54, 1.807) is 0 Å². The molecule has 0 fully saturated rings. The van der Waals surface area contributed by atoms with Crippen LogP contribution in [0.25, 0.3) is 11.1 Å². The number of ether oxygens (including phenoxy) is 2. The molecule has 2 heterocycles. The summed E-state index contributed by atoms with van der Waals surface area (Å²) in [4.78, 5) is 11.4. The minimum Gasteiger partial charge on any atom is -0.484 e. The molecule has 0 saturated carbocycles. The van der Waals surface area contributed by atoms with Crippen molar-refractivity contribution in [3.8, 4) is 16.9 Å². The normalized spacial score (nSPS) is 11.6. The van der Waals surface area contributed by atoms with Crippen LogP contribution in [-0.4, -0.2) is 17.6 Å². The van der Waals surface area contributed by atoms with Crippen LogP contribution in [0.5, 0.6) is 5.75 Å². The summed E-state index contributed by atoms with van der Waals surface area (Å²) in [6.45, 7) is -0.216. The Morgan fingerprint density at radius 1 is 1.19 bits per heavy atom. The van der Waals surface area contributed by atoms with Gasteiger partial charge in [0.2, 0.25) is 5.76 Å². The van der Waals surface area contributed by atoms with Crippen LogP contribution < -0.4 is 4.74 Å².